The predicted octanol–water partition coefficient (Wildman–Crippen LogP) is 1.34. The summed E-state index contributed by atoms with van der Waals surface area (Å²) in [4.78, 5) is 27.8. The molecule has 2 aliphatic rings. The molecule has 0 aromatic carbocycles. The van der Waals surface area contributed by atoms with Crippen molar-refractivity contribution in [2.45, 2.75) is 25.8 Å². The van der Waals surface area contributed by atoms with E-state index in [-0.39, 0.29) is 17.4 Å². The normalized spacial score (nSPS) is 38.5. The number of hydrogen-bond acceptors (Lipinski definition) is 4. The SMILES string of the molecule is CC12CC(C=C1N=C=O)C(N=C=O)C2. The molecule has 14 heavy (non-hydrogen) atoms. The van der Waals surface area contributed by atoms with Crippen molar-refractivity contribution in [3.05, 3.63) is 11.8 Å². The van der Waals surface area contributed by atoms with E-state index in [1.54, 1.807) is 12.2 Å². The van der Waals surface area contributed by atoms with Gasteiger partial charge in [-0.15, -0.1) is 0 Å². The van der Waals surface area contributed by atoms with Crippen molar-refractivity contribution < 1.29 is 9.59 Å². The summed E-state index contributed by atoms with van der Waals surface area (Å²) in [6, 6.07) is 0.0307. The zero-order valence-electron chi connectivity index (χ0n) is 7.86. The molecule has 0 N–H and O–H groups in total. The van der Waals surface area contributed by atoms with E-state index in [0.717, 1.165) is 18.5 Å². The zero-order chi connectivity index (χ0) is 10.2. The van der Waals surface area contributed by atoms with Crippen LogP contribution in [0.4, 0.5) is 0 Å². The lowest BCUT2D eigenvalue weighted by Gasteiger charge is -2.22. The molecule has 4 nitrogen and oxygen atoms in total. The van der Waals surface area contributed by atoms with Gasteiger partial charge in [0.05, 0.1) is 11.7 Å². The number of allylic oxidation sites excluding steroid dienone is 1. The van der Waals surface area contributed by atoms with Crippen LogP contribution in [0.2, 0.25) is 0 Å². The number of nitrogens with zero attached hydrogens (tertiary/aromatic N) is 2. The first-order chi connectivity index (χ1) is 6.69. The number of aliphatic imine (C=N–C) groups is 2. The molecule has 3 unspecified atom stereocenters. The molecule has 3 atom stereocenters. The van der Waals surface area contributed by atoms with Gasteiger partial charge in [0.2, 0.25) is 12.2 Å². The Balaban J connectivity index is 2.31. The first-order valence-electron chi connectivity index (χ1n) is 4.57. The minimum atomic E-state index is -0.0902. The largest absolute Gasteiger partial charge is 0.240 e. The molecule has 0 heterocycles. The molecule has 0 saturated heterocycles. The quantitative estimate of drug-likeness (QED) is 0.487. The van der Waals surface area contributed by atoms with Crippen LogP contribution in [0, 0.1) is 11.3 Å². The molecule has 0 aromatic heterocycles. The fourth-order valence-corrected chi connectivity index (χ4v) is 2.57. The lowest BCUT2D eigenvalue weighted by atomic mass is 9.86. The lowest BCUT2D eigenvalue weighted by Crippen LogP contribution is -2.17. The van der Waals surface area contributed by atoms with Gasteiger partial charge in [-0.2, -0.15) is 4.99 Å². The summed E-state index contributed by atoms with van der Waals surface area (Å²) < 4.78 is 0. The maximum atomic E-state index is 10.2. The second kappa shape index (κ2) is 3.02. The summed E-state index contributed by atoms with van der Waals surface area (Å²) >= 11 is 0. The average molecular weight is 190 g/mol. The van der Waals surface area contributed by atoms with Crippen molar-refractivity contribution in [3.8, 4) is 0 Å². The van der Waals surface area contributed by atoms with Crippen LogP contribution < -0.4 is 0 Å². The Morgan fingerprint density at radius 3 is 2.71 bits per heavy atom. The van der Waals surface area contributed by atoms with Gasteiger partial charge >= 0.3 is 0 Å². The molecule has 0 amide bonds. The summed E-state index contributed by atoms with van der Waals surface area (Å²) in [5.74, 6) is 0.244. The van der Waals surface area contributed by atoms with Crippen LogP contribution in [0.3, 0.4) is 0 Å². The fourth-order valence-electron chi connectivity index (χ4n) is 2.57. The van der Waals surface area contributed by atoms with Crippen LogP contribution in [-0.2, 0) is 9.59 Å². The molecule has 0 radical (unpaired) electrons. The Morgan fingerprint density at radius 2 is 2.21 bits per heavy atom. The van der Waals surface area contributed by atoms with Gasteiger partial charge in [-0.25, -0.2) is 14.6 Å². The zero-order valence-corrected chi connectivity index (χ0v) is 7.86. The molecule has 2 aliphatic carbocycles. The molecule has 72 valence electrons. The van der Waals surface area contributed by atoms with E-state index in [4.69, 9.17) is 0 Å². The smallest absolute Gasteiger partial charge is 0.211 e. The standard InChI is InChI=1S/C10H10N2O2/c1-10-3-7(2-9(10)12-6-14)8(4-10)11-5-13/h2,7-8H,3-4H2,1H3. The van der Waals surface area contributed by atoms with Crippen LogP contribution >= 0.6 is 0 Å². The van der Waals surface area contributed by atoms with Crippen molar-refractivity contribution >= 4 is 12.2 Å². The highest BCUT2D eigenvalue weighted by Gasteiger charge is 2.49. The van der Waals surface area contributed by atoms with E-state index in [0.29, 0.717) is 0 Å². The summed E-state index contributed by atoms with van der Waals surface area (Å²) in [5.41, 5.74) is 0.711. The van der Waals surface area contributed by atoms with Gasteiger partial charge < -0.3 is 0 Å². The average Bonchev–Trinajstić information content (AvgIpc) is 2.59. The van der Waals surface area contributed by atoms with Gasteiger partial charge in [-0.3, -0.25) is 0 Å². The Morgan fingerprint density at radius 1 is 1.43 bits per heavy atom. The van der Waals surface area contributed by atoms with Crippen molar-refractivity contribution in [2.24, 2.45) is 21.3 Å². The Kier molecular flexibility index (Phi) is 1.95. The fraction of sp³-hybridized carbons (Fsp3) is 0.600. The highest BCUT2D eigenvalue weighted by molar-refractivity contribution is 5.42. The van der Waals surface area contributed by atoms with Crippen molar-refractivity contribution in [1.29, 1.82) is 0 Å². The second-order valence-electron chi connectivity index (χ2n) is 4.18. The predicted molar refractivity (Wildman–Crippen MR) is 48.9 cm³/mol. The monoisotopic (exact) mass is 190 g/mol. The Labute approximate surface area is 81.4 Å². The van der Waals surface area contributed by atoms with E-state index >= 15 is 0 Å². The molecule has 2 bridgehead atoms. The molecular formula is C10H10N2O2. The van der Waals surface area contributed by atoms with Crippen LogP contribution in [0.1, 0.15) is 19.8 Å². The summed E-state index contributed by atoms with van der Waals surface area (Å²) in [5, 5.41) is 0. The molecule has 1 saturated carbocycles. The number of isocyanates is 2. The summed E-state index contributed by atoms with van der Waals surface area (Å²) in [6.45, 7) is 2.04. The number of fused-ring (bicyclic) bond motifs is 2. The Bertz CT molecular complexity index is 389. The van der Waals surface area contributed by atoms with Crippen LogP contribution in [0.25, 0.3) is 0 Å². The van der Waals surface area contributed by atoms with E-state index in [1.807, 2.05) is 13.0 Å². The summed E-state index contributed by atoms with van der Waals surface area (Å²) in [7, 11) is 0. The van der Waals surface area contributed by atoms with Gasteiger partial charge in [0.15, 0.2) is 0 Å². The lowest BCUT2D eigenvalue weighted by molar-refractivity contribution is 0.410. The van der Waals surface area contributed by atoms with E-state index in [1.165, 1.54) is 0 Å². The maximum absolute atomic E-state index is 10.2. The topological polar surface area (TPSA) is 58.9 Å². The molecular weight excluding hydrogens is 180 g/mol. The van der Waals surface area contributed by atoms with Gasteiger partial charge in [-0.05, 0) is 12.8 Å². The minimum Gasteiger partial charge on any atom is -0.211 e. The minimum absolute atomic E-state index is 0.0307. The molecule has 0 spiro atoms. The molecule has 2 rings (SSSR count). The number of hydrogen-bond donors (Lipinski definition) is 0. The van der Waals surface area contributed by atoms with E-state index < -0.39 is 0 Å². The maximum Gasteiger partial charge on any atom is 0.240 e. The van der Waals surface area contributed by atoms with E-state index in [9.17, 15) is 9.59 Å². The third-order valence-electron chi connectivity index (χ3n) is 3.22. The van der Waals surface area contributed by atoms with Crippen LogP contribution in [0.15, 0.2) is 21.8 Å². The van der Waals surface area contributed by atoms with Gasteiger partial charge in [0, 0.05) is 11.3 Å². The number of rotatable bonds is 2. The van der Waals surface area contributed by atoms with Gasteiger partial charge in [-0.1, -0.05) is 13.0 Å². The van der Waals surface area contributed by atoms with Gasteiger partial charge in [0.1, 0.15) is 0 Å². The second-order valence-corrected chi connectivity index (χ2v) is 4.18. The number of carbonyl (C=O) groups excluding carboxylic acids is 2. The third-order valence-corrected chi connectivity index (χ3v) is 3.22. The molecule has 4 heteroatoms. The highest BCUT2D eigenvalue weighted by Crippen LogP contribution is 2.54. The van der Waals surface area contributed by atoms with Crippen LogP contribution in [-0.4, -0.2) is 18.2 Å². The first-order valence-corrected chi connectivity index (χ1v) is 4.57. The summed E-state index contributed by atoms with van der Waals surface area (Å²) in [6.07, 6.45) is 6.79. The van der Waals surface area contributed by atoms with Crippen molar-refractivity contribution in [2.75, 3.05) is 0 Å². The third kappa shape index (κ3) is 1.17. The molecule has 1 fully saturated rings. The van der Waals surface area contributed by atoms with E-state index in [2.05, 4.69) is 9.98 Å². The van der Waals surface area contributed by atoms with Crippen LogP contribution in [0.5, 0.6) is 0 Å². The van der Waals surface area contributed by atoms with Gasteiger partial charge in [0.25, 0.3) is 0 Å². The molecule has 0 aromatic rings. The Hall–Kier alpha value is -1.50. The van der Waals surface area contributed by atoms with Crippen molar-refractivity contribution in [3.63, 3.8) is 0 Å². The molecule has 0 aliphatic heterocycles. The van der Waals surface area contributed by atoms with Crippen molar-refractivity contribution in [1.82, 2.24) is 0 Å². The highest BCUT2D eigenvalue weighted by atomic mass is 16.1. The first kappa shape index (κ1) is 9.07.